The Hall–Kier alpha value is -1.56. The van der Waals surface area contributed by atoms with Gasteiger partial charge in [-0.3, -0.25) is 4.79 Å². The summed E-state index contributed by atoms with van der Waals surface area (Å²) in [6.45, 7) is 3.57. The number of rotatable bonds is 3. The summed E-state index contributed by atoms with van der Waals surface area (Å²) in [4.78, 5) is 10.6. The van der Waals surface area contributed by atoms with Crippen molar-refractivity contribution in [2.45, 2.75) is 26.8 Å². The summed E-state index contributed by atoms with van der Waals surface area (Å²) < 4.78 is 13.1. The van der Waals surface area contributed by atoms with Gasteiger partial charge in [0.1, 0.15) is 0 Å². The van der Waals surface area contributed by atoms with Crippen molar-refractivity contribution in [1.29, 1.82) is 0 Å². The van der Waals surface area contributed by atoms with E-state index in [-0.39, 0.29) is 12.5 Å². The quantitative estimate of drug-likeness (QED) is 0.776. The van der Waals surface area contributed by atoms with Crippen LogP contribution in [0.4, 0.5) is 4.39 Å². The van der Waals surface area contributed by atoms with Crippen molar-refractivity contribution in [1.82, 2.24) is 5.32 Å². The molecule has 2 nitrogen and oxygen atoms in total. The fourth-order valence-corrected chi connectivity index (χ4v) is 1.06. The zero-order valence-corrected chi connectivity index (χ0v) is 8.28. The lowest BCUT2D eigenvalue weighted by atomic mass is 10.1. The first-order valence-corrected chi connectivity index (χ1v) is 4.49. The molecule has 14 heavy (non-hydrogen) atoms. The van der Waals surface area contributed by atoms with Crippen LogP contribution in [0.5, 0.6) is 0 Å². The number of aryl methyl sites for hydroxylation is 1. The van der Waals surface area contributed by atoms with Gasteiger partial charge in [0.2, 0.25) is 5.91 Å². The fourth-order valence-electron chi connectivity index (χ4n) is 1.06. The first-order chi connectivity index (χ1) is 6.63. The third-order valence-electron chi connectivity index (χ3n) is 1.87. The van der Waals surface area contributed by atoms with Crippen molar-refractivity contribution in [2.24, 2.45) is 0 Å². The van der Waals surface area contributed by atoms with Crippen molar-refractivity contribution in [2.75, 3.05) is 0 Å². The summed E-state index contributed by atoms with van der Waals surface area (Å²) >= 11 is 0. The van der Waals surface area contributed by atoms with E-state index < -0.39 is 5.82 Å². The minimum absolute atomic E-state index is 0.171. The van der Waals surface area contributed by atoms with Crippen LogP contribution in [0.25, 0.3) is 0 Å². The molecule has 1 N–H and O–H groups in total. The minimum atomic E-state index is -0.448. The van der Waals surface area contributed by atoms with Crippen LogP contribution < -0.4 is 5.32 Å². The molecule has 0 atom stereocenters. The van der Waals surface area contributed by atoms with E-state index in [4.69, 9.17) is 0 Å². The van der Waals surface area contributed by atoms with E-state index in [2.05, 4.69) is 17.4 Å². The van der Waals surface area contributed by atoms with Crippen molar-refractivity contribution in [3.05, 3.63) is 35.1 Å². The molecule has 0 aromatic heterocycles. The summed E-state index contributed by atoms with van der Waals surface area (Å²) in [5, 5.41) is 2.54. The van der Waals surface area contributed by atoms with E-state index in [1.807, 2.05) is 6.92 Å². The van der Waals surface area contributed by atoms with Gasteiger partial charge in [0.25, 0.3) is 0 Å². The summed E-state index contributed by atoms with van der Waals surface area (Å²) in [5.41, 5.74) is 1.35. The Bertz CT molecular complexity index is 336. The van der Waals surface area contributed by atoms with Crippen LogP contribution in [0.15, 0.2) is 6.07 Å². The summed E-state index contributed by atoms with van der Waals surface area (Å²) in [7, 11) is 0. The van der Waals surface area contributed by atoms with Crippen LogP contribution in [-0.4, -0.2) is 5.91 Å². The topological polar surface area (TPSA) is 29.1 Å². The van der Waals surface area contributed by atoms with Crippen molar-refractivity contribution in [3.63, 3.8) is 0 Å². The number of halogens is 1. The molecule has 0 saturated carbocycles. The average molecular weight is 193 g/mol. The molecule has 0 unspecified atom stereocenters. The molecule has 3 heteroatoms. The second-order valence-electron chi connectivity index (χ2n) is 3.02. The molecular formula is C11H12FNO. The number of nitrogens with one attached hydrogen (secondary N) is 1. The van der Waals surface area contributed by atoms with E-state index >= 15 is 0 Å². The highest BCUT2D eigenvalue weighted by Gasteiger charge is 2.02. The molecule has 0 saturated heterocycles. The van der Waals surface area contributed by atoms with Crippen LogP contribution in [0.3, 0.4) is 0 Å². The minimum Gasteiger partial charge on any atom is -0.352 e. The summed E-state index contributed by atoms with van der Waals surface area (Å²) in [5.74, 6) is -0.619. The zero-order valence-electron chi connectivity index (χ0n) is 8.28. The number of hydrogen-bond donors (Lipinski definition) is 1. The smallest absolute Gasteiger partial charge is 0.217 e. The molecule has 0 aliphatic carbocycles. The van der Waals surface area contributed by atoms with Crippen molar-refractivity contribution in [3.8, 4) is 0 Å². The Morgan fingerprint density at radius 3 is 2.86 bits per heavy atom. The van der Waals surface area contributed by atoms with E-state index in [0.29, 0.717) is 5.56 Å². The second-order valence-corrected chi connectivity index (χ2v) is 3.02. The normalized spacial score (nSPS) is 9.36. The molecule has 0 aliphatic heterocycles. The lowest BCUT2D eigenvalue weighted by Crippen LogP contribution is -2.19. The van der Waals surface area contributed by atoms with Crippen LogP contribution >= 0.6 is 0 Å². The van der Waals surface area contributed by atoms with E-state index in [9.17, 15) is 9.18 Å². The predicted octanol–water partition coefficient (Wildman–Crippen LogP) is 1.62. The monoisotopic (exact) mass is 193 g/mol. The third kappa shape index (κ3) is 2.74. The van der Waals surface area contributed by atoms with Gasteiger partial charge in [0.05, 0.1) is 0 Å². The Kier molecular flexibility index (Phi) is 3.47. The highest BCUT2D eigenvalue weighted by molar-refractivity contribution is 5.72. The highest BCUT2D eigenvalue weighted by atomic mass is 19.1. The van der Waals surface area contributed by atoms with Crippen LogP contribution in [0, 0.1) is 17.9 Å². The third-order valence-corrected chi connectivity index (χ3v) is 1.87. The molecule has 1 amide bonds. The number of carbonyl (C=O) groups excluding carboxylic acids is 1. The lowest BCUT2D eigenvalue weighted by molar-refractivity contribution is -0.119. The number of carbonyl (C=O) groups is 1. The predicted molar refractivity (Wildman–Crippen MR) is 51.0 cm³/mol. The molecule has 1 rings (SSSR count). The largest absolute Gasteiger partial charge is 0.352 e. The maximum atomic E-state index is 13.1. The summed E-state index contributed by atoms with van der Waals surface area (Å²) in [6.07, 6.45) is 0.782. The Morgan fingerprint density at radius 1 is 1.57 bits per heavy atom. The van der Waals surface area contributed by atoms with E-state index in [1.165, 1.54) is 6.92 Å². The Balaban J connectivity index is 2.78. The molecule has 0 aliphatic rings. The molecule has 74 valence electrons. The zero-order chi connectivity index (χ0) is 10.6. The molecule has 0 bridgehead atoms. The highest BCUT2D eigenvalue weighted by Crippen LogP contribution is 2.06. The van der Waals surface area contributed by atoms with Crippen LogP contribution in [-0.2, 0) is 17.8 Å². The standard InChI is InChI=1S/C11H12FNO/c1-3-9-4-5-11(12)10(6-9)7-13-8(2)14/h6H,3,7H2,1-2H3,(H,13,14). The van der Waals surface area contributed by atoms with Gasteiger partial charge in [-0.25, -0.2) is 0 Å². The van der Waals surface area contributed by atoms with Crippen molar-refractivity contribution < 1.29 is 9.18 Å². The van der Waals surface area contributed by atoms with Gasteiger partial charge >= 0.3 is 0 Å². The summed E-state index contributed by atoms with van der Waals surface area (Å²) in [6, 6.07) is 6.80. The molecule has 0 radical (unpaired) electrons. The van der Waals surface area contributed by atoms with Crippen molar-refractivity contribution >= 4 is 5.91 Å². The molecule has 1 aromatic carbocycles. The fraction of sp³-hybridized carbons (Fsp3) is 0.364. The Labute approximate surface area is 83.1 Å². The van der Waals surface area contributed by atoms with Gasteiger partial charge in [-0.05, 0) is 18.6 Å². The molecule has 0 spiro atoms. The van der Waals surface area contributed by atoms with Gasteiger partial charge in [-0.2, -0.15) is 4.39 Å². The van der Waals surface area contributed by atoms with Gasteiger partial charge in [0.15, 0.2) is 5.82 Å². The Morgan fingerprint density at radius 2 is 2.29 bits per heavy atom. The van der Waals surface area contributed by atoms with E-state index in [1.54, 1.807) is 6.07 Å². The SMILES string of the molecule is CCc1c#cc(F)c(CNC(C)=O)c1. The van der Waals surface area contributed by atoms with E-state index in [0.717, 1.165) is 12.0 Å². The number of amides is 1. The average Bonchev–Trinajstić information content (AvgIpc) is 2.16. The maximum absolute atomic E-state index is 13.1. The second kappa shape index (κ2) is 4.61. The molecular weight excluding hydrogens is 181 g/mol. The van der Waals surface area contributed by atoms with Gasteiger partial charge in [-0.1, -0.05) is 13.0 Å². The molecule has 0 fully saturated rings. The molecule has 0 heterocycles. The van der Waals surface area contributed by atoms with Gasteiger partial charge < -0.3 is 5.32 Å². The maximum Gasteiger partial charge on any atom is 0.217 e. The van der Waals surface area contributed by atoms with Crippen LogP contribution in [0.1, 0.15) is 25.0 Å². The van der Waals surface area contributed by atoms with Gasteiger partial charge in [-0.15, -0.1) is 0 Å². The number of hydrogen-bond acceptors (Lipinski definition) is 1. The first-order valence-electron chi connectivity index (χ1n) is 4.49. The van der Waals surface area contributed by atoms with Crippen LogP contribution in [0.2, 0.25) is 0 Å². The molecule has 1 aromatic rings. The first kappa shape index (κ1) is 10.5. The van der Waals surface area contributed by atoms with Gasteiger partial charge in [0, 0.05) is 24.6 Å². The lowest BCUT2D eigenvalue weighted by Gasteiger charge is -2.03.